The smallest absolute Gasteiger partial charge is 0.332 e. The monoisotopic (exact) mass is 265 g/mol. The maximum atomic E-state index is 10.6. The highest BCUT2D eigenvalue weighted by Crippen LogP contribution is 2.35. The van der Waals surface area contributed by atoms with Gasteiger partial charge in [0.1, 0.15) is 0 Å². The summed E-state index contributed by atoms with van der Waals surface area (Å²) in [4.78, 5) is 10.6. The molecular weight excluding hydrogens is 246 g/mol. The number of carbonyl (C=O) groups is 1. The normalized spacial score (nSPS) is 12.2. The molecule has 6 nitrogen and oxygen atoms in total. The van der Waals surface area contributed by atoms with Gasteiger partial charge in [-0.25, -0.2) is 10.2 Å². The summed E-state index contributed by atoms with van der Waals surface area (Å²) in [5.41, 5.74) is 8.08. The van der Waals surface area contributed by atoms with Crippen molar-refractivity contribution in [1.29, 1.82) is 0 Å². The van der Waals surface area contributed by atoms with E-state index in [1.165, 1.54) is 0 Å². The SMILES string of the molecule is CC[C@@H](/C=N\NC(N)=O)c1cccc(OC)c1OC. The molecule has 0 spiro atoms. The van der Waals surface area contributed by atoms with Crippen LogP contribution in [-0.2, 0) is 0 Å². The molecule has 0 aliphatic rings. The number of urea groups is 1. The number of hydrogen-bond acceptors (Lipinski definition) is 4. The van der Waals surface area contributed by atoms with Crippen molar-refractivity contribution in [3.63, 3.8) is 0 Å². The fourth-order valence-electron chi connectivity index (χ4n) is 1.80. The van der Waals surface area contributed by atoms with Crippen LogP contribution in [0.4, 0.5) is 4.79 Å². The van der Waals surface area contributed by atoms with Crippen molar-refractivity contribution in [2.24, 2.45) is 10.8 Å². The summed E-state index contributed by atoms with van der Waals surface area (Å²) in [5, 5.41) is 3.80. The van der Waals surface area contributed by atoms with E-state index in [-0.39, 0.29) is 5.92 Å². The molecule has 0 fully saturated rings. The van der Waals surface area contributed by atoms with E-state index in [4.69, 9.17) is 15.2 Å². The fourth-order valence-corrected chi connectivity index (χ4v) is 1.80. The van der Waals surface area contributed by atoms with Gasteiger partial charge in [-0.1, -0.05) is 19.1 Å². The van der Waals surface area contributed by atoms with E-state index in [2.05, 4.69) is 10.5 Å². The molecule has 0 aromatic heterocycles. The van der Waals surface area contributed by atoms with Crippen LogP contribution in [0.25, 0.3) is 0 Å². The number of amides is 2. The molecule has 0 unspecified atom stereocenters. The molecule has 2 amide bonds. The van der Waals surface area contributed by atoms with Crippen molar-refractivity contribution in [3.05, 3.63) is 23.8 Å². The van der Waals surface area contributed by atoms with E-state index in [0.717, 1.165) is 12.0 Å². The van der Waals surface area contributed by atoms with Gasteiger partial charge in [0.15, 0.2) is 11.5 Å². The second-order valence-electron chi connectivity index (χ2n) is 3.85. The number of methoxy groups -OCH3 is 2. The summed E-state index contributed by atoms with van der Waals surface area (Å²) in [6, 6.07) is 4.96. The highest BCUT2D eigenvalue weighted by Gasteiger charge is 2.16. The second-order valence-corrected chi connectivity index (χ2v) is 3.85. The molecule has 19 heavy (non-hydrogen) atoms. The molecule has 0 aliphatic heterocycles. The summed E-state index contributed by atoms with van der Waals surface area (Å²) in [6.07, 6.45) is 2.43. The molecule has 0 saturated carbocycles. The molecule has 104 valence electrons. The van der Waals surface area contributed by atoms with E-state index in [1.807, 2.05) is 25.1 Å². The Labute approximate surface area is 112 Å². The maximum absolute atomic E-state index is 10.6. The van der Waals surface area contributed by atoms with Gasteiger partial charge in [-0.05, 0) is 12.5 Å². The predicted molar refractivity (Wildman–Crippen MR) is 73.8 cm³/mol. The molecule has 0 aliphatic carbocycles. The van der Waals surface area contributed by atoms with Crippen molar-refractivity contribution in [2.45, 2.75) is 19.3 Å². The van der Waals surface area contributed by atoms with Gasteiger partial charge >= 0.3 is 6.03 Å². The minimum Gasteiger partial charge on any atom is -0.493 e. The first kappa shape index (κ1) is 14.8. The van der Waals surface area contributed by atoms with Crippen LogP contribution in [-0.4, -0.2) is 26.5 Å². The zero-order valence-corrected chi connectivity index (χ0v) is 11.3. The lowest BCUT2D eigenvalue weighted by molar-refractivity contribution is 0.249. The second kappa shape index (κ2) is 7.25. The summed E-state index contributed by atoms with van der Waals surface area (Å²) in [7, 11) is 3.18. The van der Waals surface area contributed by atoms with Gasteiger partial charge in [0.25, 0.3) is 0 Å². The molecule has 3 N–H and O–H groups in total. The van der Waals surface area contributed by atoms with Gasteiger partial charge < -0.3 is 15.2 Å². The number of benzene rings is 1. The lowest BCUT2D eigenvalue weighted by Gasteiger charge is -2.16. The third-order valence-corrected chi connectivity index (χ3v) is 2.70. The van der Waals surface area contributed by atoms with Crippen molar-refractivity contribution >= 4 is 12.2 Å². The first-order valence-corrected chi connectivity index (χ1v) is 5.93. The third kappa shape index (κ3) is 3.87. The molecule has 0 radical (unpaired) electrons. The number of primary amides is 1. The number of nitrogens with two attached hydrogens (primary N) is 1. The van der Waals surface area contributed by atoms with Crippen molar-refractivity contribution in [1.82, 2.24) is 5.43 Å². The van der Waals surface area contributed by atoms with Gasteiger partial charge in [0, 0.05) is 17.7 Å². The Kier molecular flexibility index (Phi) is 5.66. The molecule has 1 atom stereocenters. The summed E-state index contributed by atoms with van der Waals surface area (Å²) < 4.78 is 10.6. The van der Waals surface area contributed by atoms with Gasteiger partial charge in [0.05, 0.1) is 14.2 Å². The van der Waals surface area contributed by atoms with Crippen LogP contribution < -0.4 is 20.6 Å². The molecule has 1 rings (SSSR count). The molecule has 1 aromatic rings. The molecule has 0 bridgehead atoms. The van der Waals surface area contributed by atoms with Crippen LogP contribution >= 0.6 is 0 Å². The Morgan fingerprint density at radius 1 is 1.47 bits per heavy atom. The van der Waals surface area contributed by atoms with E-state index in [0.29, 0.717) is 11.5 Å². The topological polar surface area (TPSA) is 85.9 Å². The highest BCUT2D eigenvalue weighted by molar-refractivity contribution is 5.75. The Bertz CT molecular complexity index is 460. The number of hydrogen-bond donors (Lipinski definition) is 2. The number of nitrogens with one attached hydrogen (secondary N) is 1. The van der Waals surface area contributed by atoms with Crippen molar-refractivity contribution < 1.29 is 14.3 Å². The summed E-state index contributed by atoms with van der Waals surface area (Å²) >= 11 is 0. The summed E-state index contributed by atoms with van der Waals surface area (Å²) in [5.74, 6) is 1.33. The Balaban J connectivity index is 3.04. The van der Waals surface area contributed by atoms with Crippen LogP contribution in [0.3, 0.4) is 0 Å². The zero-order chi connectivity index (χ0) is 14.3. The summed E-state index contributed by atoms with van der Waals surface area (Å²) in [6.45, 7) is 2.01. The van der Waals surface area contributed by atoms with E-state index in [9.17, 15) is 4.79 Å². The van der Waals surface area contributed by atoms with E-state index >= 15 is 0 Å². The number of rotatable bonds is 6. The minimum absolute atomic E-state index is 0.00287. The number of carbonyl (C=O) groups excluding carboxylic acids is 1. The quantitative estimate of drug-likeness (QED) is 0.608. The minimum atomic E-state index is -0.691. The first-order chi connectivity index (χ1) is 9.13. The van der Waals surface area contributed by atoms with Crippen LogP contribution in [0.5, 0.6) is 11.5 Å². The highest BCUT2D eigenvalue weighted by atomic mass is 16.5. The number of para-hydroxylation sites is 1. The lowest BCUT2D eigenvalue weighted by Crippen LogP contribution is -2.24. The number of hydrazone groups is 1. The Morgan fingerprint density at radius 2 is 2.21 bits per heavy atom. The van der Waals surface area contributed by atoms with Crippen LogP contribution in [0, 0.1) is 0 Å². The average molecular weight is 265 g/mol. The van der Waals surface area contributed by atoms with Crippen LogP contribution in [0.1, 0.15) is 24.8 Å². The molecule has 0 saturated heterocycles. The Morgan fingerprint density at radius 3 is 2.74 bits per heavy atom. The first-order valence-electron chi connectivity index (χ1n) is 5.93. The van der Waals surface area contributed by atoms with Crippen molar-refractivity contribution in [2.75, 3.05) is 14.2 Å². The molecule has 1 aromatic carbocycles. The van der Waals surface area contributed by atoms with Crippen LogP contribution in [0.15, 0.2) is 23.3 Å². The number of nitrogens with zero attached hydrogens (tertiary/aromatic N) is 1. The molecule has 6 heteroatoms. The maximum Gasteiger partial charge on any atom is 0.332 e. The number of ether oxygens (including phenoxy) is 2. The Hall–Kier alpha value is -2.24. The zero-order valence-electron chi connectivity index (χ0n) is 11.3. The molecular formula is C13H19N3O3. The van der Waals surface area contributed by atoms with Crippen molar-refractivity contribution in [3.8, 4) is 11.5 Å². The fraction of sp³-hybridized carbons (Fsp3) is 0.385. The lowest BCUT2D eigenvalue weighted by atomic mass is 9.96. The van der Waals surface area contributed by atoms with Gasteiger partial charge in [-0.15, -0.1) is 0 Å². The largest absolute Gasteiger partial charge is 0.493 e. The average Bonchev–Trinajstić information content (AvgIpc) is 2.42. The van der Waals surface area contributed by atoms with Crippen LogP contribution in [0.2, 0.25) is 0 Å². The third-order valence-electron chi connectivity index (χ3n) is 2.70. The standard InChI is InChI=1S/C13H19N3O3/c1-4-9(8-15-16-13(14)17)10-6-5-7-11(18-2)12(10)19-3/h5-9H,4H2,1-3H3,(H3,14,16,17)/b15-8-/t9-/m0/s1. The predicted octanol–water partition coefficient (Wildman–Crippen LogP) is 1.85. The van der Waals surface area contributed by atoms with E-state index in [1.54, 1.807) is 20.4 Å². The van der Waals surface area contributed by atoms with Gasteiger partial charge in [0.2, 0.25) is 0 Å². The van der Waals surface area contributed by atoms with Gasteiger partial charge in [-0.3, -0.25) is 0 Å². The van der Waals surface area contributed by atoms with Gasteiger partial charge in [-0.2, -0.15) is 5.10 Å². The van der Waals surface area contributed by atoms with E-state index < -0.39 is 6.03 Å². The molecule has 0 heterocycles.